The first-order valence-electron chi connectivity index (χ1n) is 8.02. The molecule has 2 heteroatoms. The summed E-state index contributed by atoms with van der Waals surface area (Å²) < 4.78 is 6.64. The molecule has 2 aliphatic carbocycles. The molecule has 2 nitrogen and oxygen atoms in total. The van der Waals surface area contributed by atoms with Crippen molar-refractivity contribution in [2.45, 2.75) is 77.5 Å². The molecule has 0 radical (unpaired) electrons. The highest BCUT2D eigenvalue weighted by atomic mass is 16.5. The number of hydrogen-bond donors (Lipinski definition) is 1. The summed E-state index contributed by atoms with van der Waals surface area (Å²) in [4.78, 5) is 0. The van der Waals surface area contributed by atoms with E-state index in [0.29, 0.717) is 17.4 Å². The molecule has 104 valence electrons. The highest BCUT2D eigenvalue weighted by molar-refractivity contribution is 5.07. The molecule has 0 aromatic carbocycles. The topological polar surface area (TPSA) is 21.3 Å². The average molecular weight is 251 g/mol. The van der Waals surface area contributed by atoms with Crippen LogP contribution in [-0.2, 0) is 4.74 Å². The van der Waals surface area contributed by atoms with Gasteiger partial charge in [0, 0.05) is 12.0 Å². The van der Waals surface area contributed by atoms with E-state index in [4.69, 9.17) is 4.74 Å². The van der Waals surface area contributed by atoms with Crippen molar-refractivity contribution in [2.24, 2.45) is 17.3 Å². The van der Waals surface area contributed by atoms with E-state index in [1.807, 2.05) is 0 Å². The molecule has 3 aliphatic rings. The van der Waals surface area contributed by atoms with Crippen LogP contribution in [0.3, 0.4) is 0 Å². The Morgan fingerprint density at radius 1 is 1.17 bits per heavy atom. The lowest BCUT2D eigenvalue weighted by atomic mass is 9.79. The van der Waals surface area contributed by atoms with Gasteiger partial charge in [0.15, 0.2) is 0 Å². The molecule has 0 aromatic rings. The molecule has 2 saturated carbocycles. The van der Waals surface area contributed by atoms with Crippen LogP contribution < -0.4 is 5.32 Å². The van der Waals surface area contributed by atoms with Gasteiger partial charge in [-0.25, -0.2) is 0 Å². The van der Waals surface area contributed by atoms with Crippen molar-refractivity contribution < 1.29 is 4.74 Å². The molecule has 1 aliphatic heterocycles. The maximum Gasteiger partial charge on any atom is 0.119 e. The molecule has 1 unspecified atom stereocenters. The number of ether oxygens (including phenoxy) is 1. The number of hydrogen-bond acceptors (Lipinski definition) is 2. The summed E-state index contributed by atoms with van der Waals surface area (Å²) in [5.74, 6) is 1.60. The second kappa shape index (κ2) is 4.49. The van der Waals surface area contributed by atoms with Crippen molar-refractivity contribution in [3.63, 3.8) is 0 Å². The Balaban J connectivity index is 1.68. The Bertz CT molecular complexity index is 300. The summed E-state index contributed by atoms with van der Waals surface area (Å²) in [5, 5.41) is 3.79. The zero-order chi connectivity index (χ0) is 12.8. The van der Waals surface area contributed by atoms with Gasteiger partial charge in [0.1, 0.15) is 5.72 Å². The van der Waals surface area contributed by atoms with Crippen molar-refractivity contribution in [1.29, 1.82) is 0 Å². The van der Waals surface area contributed by atoms with E-state index in [9.17, 15) is 0 Å². The SMILES string of the molecule is CCC1CCC2(CC1)NCC1(CC1)C(C(C)C)O2. The lowest BCUT2D eigenvalue weighted by Crippen LogP contribution is -2.61. The van der Waals surface area contributed by atoms with Crippen LogP contribution in [0.25, 0.3) is 0 Å². The van der Waals surface area contributed by atoms with Gasteiger partial charge < -0.3 is 4.74 Å². The summed E-state index contributed by atoms with van der Waals surface area (Å²) in [6.07, 6.45) is 9.73. The van der Waals surface area contributed by atoms with Gasteiger partial charge in [0.25, 0.3) is 0 Å². The smallest absolute Gasteiger partial charge is 0.119 e. The Kier molecular flexibility index (Phi) is 3.22. The maximum absolute atomic E-state index is 6.64. The fraction of sp³-hybridized carbons (Fsp3) is 1.00. The van der Waals surface area contributed by atoms with Crippen LogP contribution in [0.4, 0.5) is 0 Å². The van der Waals surface area contributed by atoms with Crippen molar-refractivity contribution in [2.75, 3.05) is 6.54 Å². The van der Waals surface area contributed by atoms with Gasteiger partial charge in [0.2, 0.25) is 0 Å². The molecule has 0 bridgehead atoms. The van der Waals surface area contributed by atoms with Crippen molar-refractivity contribution in [3.05, 3.63) is 0 Å². The van der Waals surface area contributed by atoms with Crippen LogP contribution in [0.15, 0.2) is 0 Å². The fourth-order valence-electron chi connectivity index (χ4n) is 4.16. The van der Waals surface area contributed by atoms with Crippen LogP contribution in [0.1, 0.15) is 65.7 Å². The molecule has 1 N–H and O–H groups in total. The molecule has 3 rings (SSSR count). The molecule has 1 atom stereocenters. The number of rotatable bonds is 2. The van der Waals surface area contributed by atoms with Gasteiger partial charge >= 0.3 is 0 Å². The molecule has 0 amide bonds. The van der Waals surface area contributed by atoms with E-state index < -0.39 is 0 Å². The van der Waals surface area contributed by atoms with Gasteiger partial charge in [-0.2, -0.15) is 0 Å². The lowest BCUT2D eigenvalue weighted by Gasteiger charge is -2.50. The monoisotopic (exact) mass is 251 g/mol. The van der Waals surface area contributed by atoms with E-state index in [2.05, 4.69) is 26.1 Å². The molecule has 0 aromatic heterocycles. The van der Waals surface area contributed by atoms with Crippen LogP contribution >= 0.6 is 0 Å². The number of nitrogens with one attached hydrogen (secondary N) is 1. The minimum Gasteiger partial charge on any atom is -0.357 e. The highest BCUT2D eigenvalue weighted by Gasteiger charge is 2.57. The van der Waals surface area contributed by atoms with E-state index in [1.54, 1.807) is 0 Å². The Labute approximate surface area is 112 Å². The van der Waals surface area contributed by atoms with E-state index in [1.165, 1.54) is 51.5 Å². The zero-order valence-corrected chi connectivity index (χ0v) is 12.3. The zero-order valence-electron chi connectivity index (χ0n) is 12.3. The first-order valence-corrected chi connectivity index (χ1v) is 8.02. The third-order valence-electron chi connectivity index (χ3n) is 5.71. The fourth-order valence-corrected chi connectivity index (χ4v) is 4.16. The van der Waals surface area contributed by atoms with Crippen molar-refractivity contribution in [1.82, 2.24) is 5.32 Å². The standard InChI is InChI=1S/C16H29NO/c1-4-13-5-7-16(8-6-13)17-11-15(9-10-15)14(18-16)12(2)3/h12-14,17H,4-11H2,1-3H3. The van der Waals surface area contributed by atoms with Gasteiger partial charge in [-0.1, -0.05) is 27.2 Å². The average Bonchev–Trinajstić information content (AvgIpc) is 3.15. The van der Waals surface area contributed by atoms with Crippen molar-refractivity contribution >= 4 is 0 Å². The van der Waals surface area contributed by atoms with Gasteiger partial charge in [-0.15, -0.1) is 0 Å². The largest absolute Gasteiger partial charge is 0.357 e. The summed E-state index contributed by atoms with van der Waals surface area (Å²) in [7, 11) is 0. The normalized spacial score (nSPS) is 42.7. The molecule has 2 spiro atoms. The van der Waals surface area contributed by atoms with Gasteiger partial charge in [-0.3, -0.25) is 5.32 Å². The summed E-state index contributed by atoms with van der Waals surface area (Å²) in [6.45, 7) is 8.20. The van der Waals surface area contributed by atoms with Crippen LogP contribution in [0, 0.1) is 17.3 Å². The molecule has 3 fully saturated rings. The van der Waals surface area contributed by atoms with E-state index in [-0.39, 0.29) is 5.72 Å². The summed E-state index contributed by atoms with van der Waals surface area (Å²) in [6, 6.07) is 0. The second-order valence-corrected chi connectivity index (χ2v) is 7.34. The molecular formula is C16H29NO. The van der Waals surface area contributed by atoms with Gasteiger partial charge in [-0.05, 0) is 50.4 Å². The third kappa shape index (κ3) is 2.12. The minimum atomic E-state index is 0.0362. The van der Waals surface area contributed by atoms with E-state index >= 15 is 0 Å². The van der Waals surface area contributed by atoms with E-state index in [0.717, 1.165) is 5.92 Å². The highest BCUT2D eigenvalue weighted by Crippen LogP contribution is 2.56. The van der Waals surface area contributed by atoms with Crippen molar-refractivity contribution in [3.8, 4) is 0 Å². The maximum atomic E-state index is 6.64. The third-order valence-corrected chi connectivity index (χ3v) is 5.71. The predicted octanol–water partition coefficient (Wildman–Crippen LogP) is 3.71. The molecule has 1 heterocycles. The Hall–Kier alpha value is -0.0800. The minimum absolute atomic E-state index is 0.0362. The molecular weight excluding hydrogens is 222 g/mol. The predicted molar refractivity (Wildman–Crippen MR) is 74.4 cm³/mol. The molecule has 18 heavy (non-hydrogen) atoms. The first kappa shape index (κ1) is 12.9. The Morgan fingerprint density at radius 2 is 1.83 bits per heavy atom. The van der Waals surface area contributed by atoms with Crippen LogP contribution in [-0.4, -0.2) is 18.4 Å². The quantitative estimate of drug-likeness (QED) is 0.808. The van der Waals surface area contributed by atoms with Gasteiger partial charge in [0.05, 0.1) is 6.10 Å². The van der Waals surface area contributed by atoms with Crippen LogP contribution in [0.2, 0.25) is 0 Å². The van der Waals surface area contributed by atoms with Crippen LogP contribution in [0.5, 0.6) is 0 Å². The second-order valence-electron chi connectivity index (χ2n) is 7.34. The lowest BCUT2D eigenvalue weighted by molar-refractivity contribution is -0.204. The first-order chi connectivity index (χ1) is 8.59. The molecule has 1 saturated heterocycles. The summed E-state index contributed by atoms with van der Waals surface area (Å²) in [5.41, 5.74) is 0.537. The summed E-state index contributed by atoms with van der Waals surface area (Å²) >= 11 is 0. The Morgan fingerprint density at radius 3 is 2.33 bits per heavy atom.